The number of nitrogens with zero attached hydrogens (tertiary/aromatic N) is 1. The van der Waals surface area contributed by atoms with Gasteiger partial charge in [-0.05, 0) is 43.2 Å². The summed E-state index contributed by atoms with van der Waals surface area (Å²) in [5.74, 6) is -0.350. The molecule has 0 atom stereocenters. The molecule has 1 amide bonds. The molecule has 28 heavy (non-hydrogen) atoms. The smallest absolute Gasteiger partial charge is 0.264 e. The van der Waals surface area contributed by atoms with Crippen molar-refractivity contribution in [3.05, 3.63) is 58.6 Å². The van der Waals surface area contributed by atoms with E-state index in [0.29, 0.717) is 5.02 Å². The third-order valence-corrected chi connectivity index (χ3v) is 7.08. The Balaban J connectivity index is 1.91. The van der Waals surface area contributed by atoms with Gasteiger partial charge in [0.2, 0.25) is 5.91 Å². The van der Waals surface area contributed by atoms with Crippen molar-refractivity contribution >= 4 is 44.8 Å². The molecule has 3 rings (SSSR count). The van der Waals surface area contributed by atoms with E-state index in [9.17, 15) is 13.2 Å². The minimum Gasteiger partial charge on any atom is -0.352 e. The van der Waals surface area contributed by atoms with Gasteiger partial charge in [-0.25, -0.2) is 8.42 Å². The number of hydrogen-bond donors (Lipinski definition) is 1. The summed E-state index contributed by atoms with van der Waals surface area (Å²) in [7, 11) is -3.98. The molecule has 8 heteroatoms. The number of hydrogen-bond acceptors (Lipinski definition) is 3. The molecule has 2 aromatic carbocycles. The Morgan fingerprint density at radius 3 is 2.36 bits per heavy atom. The van der Waals surface area contributed by atoms with Crippen LogP contribution in [-0.2, 0) is 14.8 Å². The molecule has 5 nitrogen and oxygen atoms in total. The molecular formula is C20H22Cl2N2O3S. The minimum absolute atomic E-state index is 0.0863. The van der Waals surface area contributed by atoms with Crippen molar-refractivity contribution in [2.75, 3.05) is 10.8 Å². The second kappa shape index (κ2) is 9.16. The first-order valence-electron chi connectivity index (χ1n) is 9.20. The standard InChI is InChI=1S/C20H22Cl2N2O3S/c21-15-11-12-19(18(22)13-15)24(28(26,27)17-9-5-2-6-10-17)14-20(25)23-16-7-3-1-4-8-16/h2,5-6,9-13,16H,1,3-4,7-8,14H2,(H,23,25). The molecule has 1 aliphatic rings. The second-order valence-corrected chi connectivity index (χ2v) is 9.53. The van der Waals surface area contributed by atoms with Crippen LogP contribution in [0.2, 0.25) is 10.0 Å². The van der Waals surface area contributed by atoms with Gasteiger partial charge in [0, 0.05) is 11.1 Å². The van der Waals surface area contributed by atoms with Crippen molar-refractivity contribution in [3.63, 3.8) is 0 Å². The van der Waals surface area contributed by atoms with Gasteiger partial charge in [0.1, 0.15) is 6.54 Å². The Morgan fingerprint density at radius 1 is 1.04 bits per heavy atom. The quantitative estimate of drug-likeness (QED) is 0.711. The van der Waals surface area contributed by atoms with Gasteiger partial charge >= 0.3 is 0 Å². The van der Waals surface area contributed by atoms with Crippen LogP contribution < -0.4 is 9.62 Å². The number of sulfonamides is 1. The van der Waals surface area contributed by atoms with Gasteiger partial charge in [-0.2, -0.15) is 0 Å². The van der Waals surface area contributed by atoms with E-state index in [1.54, 1.807) is 24.3 Å². The van der Waals surface area contributed by atoms with E-state index < -0.39 is 10.0 Å². The lowest BCUT2D eigenvalue weighted by Gasteiger charge is -2.27. The van der Waals surface area contributed by atoms with Crippen molar-refractivity contribution in [1.82, 2.24) is 5.32 Å². The fraction of sp³-hybridized carbons (Fsp3) is 0.350. The number of anilines is 1. The summed E-state index contributed by atoms with van der Waals surface area (Å²) in [4.78, 5) is 12.8. The van der Waals surface area contributed by atoms with Crippen molar-refractivity contribution in [2.45, 2.75) is 43.0 Å². The topological polar surface area (TPSA) is 66.5 Å². The molecule has 0 spiro atoms. The highest BCUT2D eigenvalue weighted by Crippen LogP contribution is 2.32. The predicted molar refractivity (Wildman–Crippen MR) is 112 cm³/mol. The summed E-state index contributed by atoms with van der Waals surface area (Å²) in [5, 5.41) is 3.51. The molecule has 0 unspecified atom stereocenters. The third kappa shape index (κ3) is 4.99. The maximum atomic E-state index is 13.3. The fourth-order valence-electron chi connectivity index (χ4n) is 3.35. The molecule has 0 radical (unpaired) electrons. The van der Waals surface area contributed by atoms with Crippen LogP contribution in [0.25, 0.3) is 0 Å². The Morgan fingerprint density at radius 2 is 1.71 bits per heavy atom. The average Bonchev–Trinajstić information content (AvgIpc) is 2.68. The van der Waals surface area contributed by atoms with Crippen molar-refractivity contribution in [1.29, 1.82) is 0 Å². The van der Waals surface area contributed by atoms with E-state index in [2.05, 4.69) is 5.32 Å². The molecule has 1 saturated carbocycles. The highest BCUT2D eigenvalue weighted by Gasteiger charge is 2.29. The van der Waals surface area contributed by atoms with Crippen molar-refractivity contribution in [3.8, 4) is 0 Å². The first-order chi connectivity index (χ1) is 13.4. The molecule has 0 aliphatic heterocycles. The Labute approximate surface area is 175 Å². The van der Waals surface area contributed by atoms with E-state index in [4.69, 9.17) is 23.2 Å². The van der Waals surface area contributed by atoms with Crippen molar-refractivity contribution in [2.24, 2.45) is 0 Å². The van der Waals surface area contributed by atoms with Crippen LogP contribution >= 0.6 is 23.2 Å². The zero-order valence-corrected chi connectivity index (χ0v) is 17.6. The lowest BCUT2D eigenvalue weighted by atomic mass is 9.95. The van der Waals surface area contributed by atoms with E-state index in [-0.39, 0.29) is 34.1 Å². The Hall–Kier alpha value is -1.76. The maximum Gasteiger partial charge on any atom is 0.264 e. The number of halogens is 2. The number of carbonyl (C=O) groups excluding carboxylic acids is 1. The summed E-state index contributed by atoms with van der Waals surface area (Å²) in [6, 6.07) is 12.6. The van der Waals surface area contributed by atoms with Gasteiger partial charge in [-0.1, -0.05) is 60.7 Å². The first kappa shape index (κ1) is 21.0. The van der Waals surface area contributed by atoms with Crippen LogP contribution in [0, 0.1) is 0 Å². The molecule has 1 aliphatic carbocycles. The van der Waals surface area contributed by atoms with E-state index in [1.165, 1.54) is 30.7 Å². The third-order valence-electron chi connectivity index (χ3n) is 4.77. The number of carbonyl (C=O) groups is 1. The molecule has 0 saturated heterocycles. The molecule has 2 aromatic rings. The molecule has 1 fully saturated rings. The Bertz CT molecular complexity index is 930. The summed E-state index contributed by atoms with van der Waals surface area (Å²) in [6.45, 7) is -0.352. The second-order valence-electron chi connectivity index (χ2n) is 6.82. The normalized spacial score (nSPS) is 15.2. The van der Waals surface area contributed by atoms with Crippen LogP contribution in [0.1, 0.15) is 32.1 Å². The highest BCUT2D eigenvalue weighted by molar-refractivity contribution is 7.92. The fourth-order valence-corrected chi connectivity index (χ4v) is 5.38. The average molecular weight is 441 g/mol. The van der Waals surface area contributed by atoms with Gasteiger partial charge < -0.3 is 5.32 Å². The van der Waals surface area contributed by atoms with Crippen LogP contribution in [0.4, 0.5) is 5.69 Å². The monoisotopic (exact) mass is 440 g/mol. The minimum atomic E-state index is -3.98. The van der Waals surface area contributed by atoms with Crippen LogP contribution in [0.3, 0.4) is 0 Å². The van der Waals surface area contributed by atoms with Gasteiger partial charge in [-0.3, -0.25) is 9.10 Å². The van der Waals surface area contributed by atoms with Crippen LogP contribution in [0.5, 0.6) is 0 Å². The molecule has 0 heterocycles. The zero-order valence-electron chi connectivity index (χ0n) is 15.3. The molecule has 0 bridgehead atoms. The summed E-state index contributed by atoms with van der Waals surface area (Å²) in [6.07, 6.45) is 5.14. The van der Waals surface area contributed by atoms with Gasteiger partial charge in [0.25, 0.3) is 10.0 Å². The van der Waals surface area contributed by atoms with Gasteiger partial charge in [-0.15, -0.1) is 0 Å². The van der Waals surface area contributed by atoms with E-state index in [1.807, 2.05) is 0 Å². The zero-order chi connectivity index (χ0) is 20.1. The first-order valence-corrected chi connectivity index (χ1v) is 11.4. The van der Waals surface area contributed by atoms with E-state index >= 15 is 0 Å². The number of rotatable bonds is 6. The highest BCUT2D eigenvalue weighted by atomic mass is 35.5. The molecule has 0 aromatic heterocycles. The number of benzene rings is 2. The maximum absolute atomic E-state index is 13.3. The molecule has 1 N–H and O–H groups in total. The van der Waals surface area contributed by atoms with Crippen LogP contribution in [-0.4, -0.2) is 26.9 Å². The van der Waals surface area contributed by atoms with E-state index in [0.717, 1.165) is 30.0 Å². The SMILES string of the molecule is O=C(CN(c1ccc(Cl)cc1Cl)S(=O)(=O)c1ccccc1)NC1CCCCC1. The number of nitrogens with one attached hydrogen (secondary N) is 1. The van der Waals surface area contributed by atoms with Crippen LogP contribution in [0.15, 0.2) is 53.4 Å². The summed E-state index contributed by atoms with van der Waals surface area (Å²) >= 11 is 12.2. The van der Waals surface area contributed by atoms with Crippen molar-refractivity contribution < 1.29 is 13.2 Å². The summed E-state index contributed by atoms with van der Waals surface area (Å²) in [5.41, 5.74) is 0.216. The lowest BCUT2D eigenvalue weighted by Crippen LogP contribution is -2.45. The molecule has 150 valence electrons. The van der Waals surface area contributed by atoms with Gasteiger partial charge in [0.05, 0.1) is 15.6 Å². The predicted octanol–water partition coefficient (Wildman–Crippen LogP) is 4.64. The Kier molecular flexibility index (Phi) is 6.86. The lowest BCUT2D eigenvalue weighted by molar-refractivity contribution is -0.120. The van der Waals surface area contributed by atoms with Gasteiger partial charge in [0.15, 0.2) is 0 Å². The molecular weight excluding hydrogens is 419 g/mol. The summed E-state index contributed by atoms with van der Waals surface area (Å²) < 4.78 is 27.5. The largest absolute Gasteiger partial charge is 0.352 e. The number of amides is 1.